The number of benzene rings is 2. The quantitative estimate of drug-likeness (QED) is 0.715. The second-order valence-electron chi connectivity index (χ2n) is 6.68. The number of hydrogen-bond donors (Lipinski definition) is 1. The van der Waals surface area contributed by atoms with Crippen LogP contribution in [0, 0.1) is 6.92 Å². The third kappa shape index (κ3) is 5.82. The minimum absolute atomic E-state index is 0.188. The van der Waals surface area contributed by atoms with Crippen molar-refractivity contribution in [3.05, 3.63) is 64.6 Å². The molecule has 1 N–H and O–H groups in total. The fourth-order valence-electron chi connectivity index (χ4n) is 2.80. The van der Waals surface area contributed by atoms with Gasteiger partial charge in [0.1, 0.15) is 0 Å². The molecule has 0 fully saturated rings. The molecule has 1 aliphatic heterocycles. The van der Waals surface area contributed by atoms with Crippen molar-refractivity contribution in [1.29, 1.82) is 0 Å². The molecule has 0 bridgehead atoms. The fourth-order valence-corrected chi connectivity index (χ4v) is 3.56. The van der Waals surface area contributed by atoms with Crippen LogP contribution >= 0.6 is 0 Å². The molecule has 7 nitrogen and oxygen atoms in total. The number of amides is 1. The lowest BCUT2D eigenvalue weighted by molar-refractivity contribution is -0.130. The minimum Gasteiger partial charge on any atom is -0.454 e. The minimum atomic E-state index is -3.72. The van der Waals surface area contributed by atoms with Crippen LogP contribution in [-0.2, 0) is 21.4 Å². The number of ether oxygens (including phenoxy) is 2. The van der Waals surface area contributed by atoms with Gasteiger partial charge in [-0.3, -0.25) is 4.79 Å². The lowest BCUT2D eigenvalue weighted by Gasteiger charge is -2.21. The van der Waals surface area contributed by atoms with E-state index in [1.165, 1.54) is 6.08 Å². The molecule has 3 rings (SSSR count). The Balaban J connectivity index is 1.56. The molecule has 0 saturated carbocycles. The van der Waals surface area contributed by atoms with E-state index < -0.39 is 10.0 Å². The zero-order chi connectivity index (χ0) is 20.9. The van der Waals surface area contributed by atoms with Crippen LogP contribution in [0.2, 0.25) is 0 Å². The number of nitrogens with one attached hydrogen (secondary N) is 1. The molecule has 1 amide bonds. The largest absolute Gasteiger partial charge is 0.454 e. The predicted octanol–water partition coefficient (Wildman–Crippen LogP) is 2.66. The van der Waals surface area contributed by atoms with Crippen LogP contribution in [0.5, 0.6) is 11.5 Å². The Morgan fingerprint density at radius 2 is 1.86 bits per heavy atom. The van der Waals surface area contributed by atoms with E-state index in [1.807, 2.05) is 50.2 Å². The van der Waals surface area contributed by atoms with Crippen LogP contribution in [0.3, 0.4) is 0 Å². The number of rotatable bonds is 8. The first kappa shape index (κ1) is 20.9. The number of sulfonamides is 1. The average Bonchev–Trinajstić information content (AvgIpc) is 3.18. The van der Waals surface area contributed by atoms with Gasteiger partial charge < -0.3 is 14.4 Å². The molecule has 0 aliphatic carbocycles. The molecule has 0 saturated heterocycles. The summed E-state index contributed by atoms with van der Waals surface area (Å²) in [4.78, 5) is 14.1. The van der Waals surface area contributed by atoms with Crippen molar-refractivity contribution in [3.8, 4) is 11.5 Å². The fraction of sp³-hybridized carbons (Fsp3) is 0.286. The topological polar surface area (TPSA) is 84.9 Å². The Hall–Kier alpha value is -2.84. The van der Waals surface area contributed by atoms with Crippen molar-refractivity contribution in [3.63, 3.8) is 0 Å². The summed E-state index contributed by atoms with van der Waals surface area (Å²) in [5, 5.41) is 1.07. The van der Waals surface area contributed by atoms with Gasteiger partial charge in [0.2, 0.25) is 22.7 Å². The number of hydrogen-bond acceptors (Lipinski definition) is 5. The monoisotopic (exact) mass is 416 g/mol. The molecule has 8 heteroatoms. The molecule has 29 heavy (non-hydrogen) atoms. The lowest BCUT2D eigenvalue weighted by atomic mass is 10.2. The molecule has 1 aliphatic rings. The van der Waals surface area contributed by atoms with Crippen LogP contribution in [0.15, 0.2) is 47.9 Å². The van der Waals surface area contributed by atoms with Crippen LogP contribution in [0.4, 0.5) is 0 Å². The highest BCUT2D eigenvalue weighted by Crippen LogP contribution is 2.32. The number of likely N-dealkylation sites (N-methyl/N-ethyl adjacent to an activating group) is 1. The summed E-state index contributed by atoms with van der Waals surface area (Å²) in [7, 11) is -3.72. The number of carbonyl (C=O) groups excluding carboxylic acids is 1. The van der Waals surface area contributed by atoms with Gasteiger partial charge in [0.15, 0.2) is 11.5 Å². The maximum Gasteiger partial charge on any atom is 0.237 e. The highest BCUT2D eigenvalue weighted by molar-refractivity contribution is 7.92. The van der Waals surface area contributed by atoms with Crippen molar-refractivity contribution < 1.29 is 22.7 Å². The molecular weight excluding hydrogens is 392 g/mol. The summed E-state index contributed by atoms with van der Waals surface area (Å²) < 4.78 is 37.3. The van der Waals surface area contributed by atoms with E-state index in [-0.39, 0.29) is 19.2 Å². The summed E-state index contributed by atoms with van der Waals surface area (Å²) in [6.45, 7) is 4.49. The Morgan fingerprint density at radius 3 is 2.59 bits per heavy atom. The van der Waals surface area contributed by atoms with E-state index in [0.29, 0.717) is 24.6 Å². The Kier molecular flexibility index (Phi) is 6.56. The van der Waals surface area contributed by atoms with Gasteiger partial charge in [-0.15, -0.1) is 0 Å². The van der Waals surface area contributed by atoms with Gasteiger partial charge in [-0.2, -0.15) is 0 Å². The van der Waals surface area contributed by atoms with Crippen molar-refractivity contribution in [1.82, 2.24) is 9.62 Å². The zero-order valence-electron chi connectivity index (χ0n) is 16.4. The summed E-state index contributed by atoms with van der Waals surface area (Å²) in [5.74, 6) is 1.02. The molecule has 0 unspecified atom stereocenters. The van der Waals surface area contributed by atoms with Gasteiger partial charge in [0, 0.05) is 18.5 Å². The molecule has 154 valence electrons. The van der Waals surface area contributed by atoms with E-state index in [2.05, 4.69) is 4.72 Å². The standard InChI is InChI=1S/C21H24N2O5S/c1-3-23(14-18-8-9-19-20(12-18)28-15-27-19)21(24)13-22-29(25,26)11-10-17-6-4-16(2)5-7-17/h4-12,22H,3,13-15H2,1-2H3/b11-10+. The van der Waals surface area contributed by atoms with Crippen molar-refractivity contribution in [2.45, 2.75) is 20.4 Å². The van der Waals surface area contributed by atoms with Crippen LogP contribution < -0.4 is 14.2 Å². The Bertz CT molecular complexity index is 1000. The normalized spacial score (nSPS) is 13.0. The first-order valence-corrected chi connectivity index (χ1v) is 10.8. The maximum absolute atomic E-state index is 12.5. The summed E-state index contributed by atoms with van der Waals surface area (Å²) >= 11 is 0. The molecule has 0 aromatic heterocycles. The van der Waals surface area contributed by atoms with Gasteiger partial charge in [0.05, 0.1) is 6.54 Å². The smallest absolute Gasteiger partial charge is 0.237 e. The van der Waals surface area contributed by atoms with E-state index in [4.69, 9.17) is 9.47 Å². The molecule has 0 atom stereocenters. The van der Waals surface area contributed by atoms with E-state index in [1.54, 1.807) is 11.0 Å². The highest BCUT2D eigenvalue weighted by Gasteiger charge is 2.18. The molecule has 0 radical (unpaired) electrons. The summed E-state index contributed by atoms with van der Waals surface area (Å²) in [6, 6.07) is 12.9. The van der Waals surface area contributed by atoms with E-state index in [9.17, 15) is 13.2 Å². The van der Waals surface area contributed by atoms with Gasteiger partial charge in [-0.25, -0.2) is 13.1 Å². The number of aryl methyl sites for hydroxylation is 1. The Labute approximate surface area is 171 Å². The first-order valence-electron chi connectivity index (χ1n) is 9.27. The highest BCUT2D eigenvalue weighted by atomic mass is 32.2. The van der Waals surface area contributed by atoms with Crippen LogP contribution in [0.25, 0.3) is 6.08 Å². The van der Waals surface area contributed by atoms with Gasteiger partial charge in [-0.1, -0.05) is 35.9 Å². The van der Waals surface area contributed by atoms with Crippen LogP contribution in [0.1, 0.15) is 23.6 Å². The molecule has 2 aromatic rings. The van der Waals surface area contributed by atoms with E-state index >= 15 is 0 Å². The molecule has 1 heterocycles. The van der Waals surface area contributed by atoms with Gasteiger partial charge in [-0.05, 0) is 43.2 Å². The van der Waals surface area contributed by atoms with Crippen LogP contribution in [-0.4, -0.2) is 39.1 Å². The average molecular weight is 416 g/mol. The van der Waals surface area contributed by atoms with E-state index in [0.717, 1.165) is 22.1 Å². The second-order valence-corrected chi connectivity index (χ2v) is 8.33. The Morgan fingerprint density at radius 1 is 1.14 bits per heavy atom. The lowest BCUT2D eigenvalue weighted by Crippen LogP contribution is -2.39. The first-order chi connectivity index (χ1) is 13.9. The van der Waals surface area contributed by atoms with Crippen molar-refractivity contribution in [2.75, 3.05) is 19.9 Å². The number of fused-ring (bicyclic) bond motifs is 1. The third-order valence-electron chi connectivity index (χ3n) is 4.49. The van der Waals surface area contributed by atoms with Gasteiger partial charge in [0.25, 0.3) is 0 Å². The zero-order valence-corrected chi connectivity index (χ0v) is 17.2. The molecule has 0 spiro atoms. The molecule has 2 aromatic carbocycles. The van der Waals surface area contributed by atoms with Gasteiger partial charge >= 0.3 is 0 Å². The second kappa shape index (κ2) is 9.11. The molecular formula is C21H24N2O5S. The van der Waals surface area contributed by atoms with Crippen molar-refractivity contribution >= 4 is 22.0 Å². The SMILES string of the molecule is CCN(Cc1ccc2c(c1)OCO2)C(=O)CNS(=O)(=O)/C=C/c1ccc(C)cc1. The predicted molar refractivity (Wildman–Crippen MR) is 111 cm³/mol. The third-order valence-corrected chi connectivity index (χ3v) is 5.53. The summed E-state index contributed by atoms with van der Waals surface area (Å²) in [5.41, 5.74) is 2.74. The number of carbonyl (C=O) groups is 1. The maximum atomic E-state index is 12.5. The summed E-state index contributed by atoms with van der Waals surface area (Å²) in [6.07, 6.45) is 1.50. The number of nitrogens with zero attached hydrogens (tertiary/aromatic N) is 1. The van der Waals surface area contributed by atoms with Crippen molar-refractivity contribution in [2.24, 2.45) is 0 Å².